The first-order chi connectivity index (χ1) is 18.8. The van der Waals surface area contributed by atoms with Crippen LogP contribution in [0.2, 0.25) is 0 Å². The molecule has 0 aromatic heterocycles. The Kier molecular flexibility index (Phi) is 6.09. The van der Waals surface area contributed by atoms with Crippen LogP contribution in [-0.2, 0) is 20.6 Å². The molecule has 2 amide bonds. The molecule has 2 aliphatic heterocycles. The van der Waals surface area contributed by atoms with Gasteiger partial charge in [-0.25, -0.2) is 4.79 Å². The number of amides is 2. The summed E-state index contributed by atoms with van der Waals surface area (Å²) >= 11 is 0. The number of urea groups is 1. The maximum Gasteiger partial charge on any atom is 0.321 e. The van der Waals surface area contributed by atoms with Crippen LogP contribution in [0.15, 0.2) is 121 Å². The SMILES string of the molecule is CN1C(=O)N(C)C(c2ccccc2)(c2ccccc2)[C@@H]2OC(C)(C)O[C@H]2C1(c1ccccc1)c1ccccc1. The van der Waals surface area contributed by atoms with Gasteiger partial charge in [0.15, 0.2) is 5.79 Å². The quantitative estimate of drug-likeness (QED) is 0.314. The molecular formula is C34H34N2O3. The Morgan fingerprint density at radius 3 is 1.03 bits per heavy atom. The van der Waals surface area contributed by atoms with Gasteiger partial charge in [-0.05, 0) is 36.1 Å². The minimum atomic E-state index is -0.975. The molecule has 4 aromatic carbocycles. The summed E-state index contributed by atoms with van der Waals surface area (Å²) in [7, 11) is 3.77. The second-order valence-corrected chi connectivity index (χ2v) is 10.9. The number of carbonyl (C=O) groups is 1. The second kappa shape index (κ2) is 9.37. The second-order valence-electron chi connectivity index (χ2n) is 10.9. The summed E-state index contributed by atoms with van der Waals surface area (Å²) in [4.78, 5) is 18.5. The molecule has 5 heteroatoms. The van der Waals surface area contributed by atoms with Crippen molar-refractivity contribution in [3.8, 4) is 0 Å². The zero-order valence-electron chi connectivity index (χ0n) is 22.8. The van der Waals surface area contributed by atoms with Crippen LogP contribution in [0.4, 0.5) is 4.79 Å². The van der Waals surface area contributed by atoms with Crippen molar-refractivity contribution in [1.82, 2.24) is 9.80 Å². The van der Waals surface area contributed by atoms with Gasteiger partial charge in [0, 0.05) is 14.1 Å². The molecule has 5 nitrogen and oxygen atoms in total. The minimum absolute atomic E-state index is 0.130. The Hall–Kier alpha value is -3.93. The van der Waals surface area contributed by atoms with Crippen molar-refractivity contribution in [3.05, 3.63) is 144 Å². The van der Waals surface area contributed by atoms with Crippen LogP contribution in [0.25, 0.3) is 0 Å². The Balaban J connectivity index is 1.76. The first kappa shape index (κ1) is 25.4. The number of benzene rings is 4. The molecule has 2 atom stereocenters. The van der Waals surface area contributed by atoms with E-state index >= 15 is 0 Å². The average Bonchev–Trinajstić information content (AvgIpc) is 3.28. The normalized spacial score (nSPS) is 23.2. The average molecular weight is 519 g/mol. The van der Waals surface area contributed by atoms with E-state index in [1.807, 2.05) is 111 Å². The van der Waals surface area contributed by atoms with Crippen LogP contribution >= 0.6 is 0 Å². The smallest absolute Gasteiger partial charge is 0.321 e. The molecule has 2 fully saturated rings. The Labute approximate surface area is 230 Å². The van der Waals surface area contributed by atoms with E-state index in [0.717, 1.165) is 22.3 Å². The molecule has 0 spiro atoms. The standard InChI is InChI=1S/C34H34N2O3/c1-32(2)38-29-30(39-32)34(27-21-13-7-14-22-27,28-23-15-8-16-24-28)36(4)31(37)35(3)33(29,25-17-9-5-10-18-25)26-19-11-6-12-20-26/h5-24,29-30H,1-4H3/t29-,30-/m1/s1. The van der Waals surface area contributed by atoms with E-state index in [-0.39, 0.29) is 6.03 Å². The van der Waals surface area contributed by atoms with E-state index in [1.54, 1.807) is 0 Å². The number of hydrogen-bond donors (Lipinski definition) is 0. The van der Waals surface area contributed by atoms with Crippen molar-refractivity contribution in [3.63, 3.8) is 0 Å². The fraction of sp³-hybridized carbons (Fsp3) is 0.265. The third-order valence-electron chi connectivity index (χ3n) is 8.41. The van der Waals surface area contributed by atoms with Gasteiger partial charge in [0.2, 0.25) is 0 Å². The maximum absolute atomic E-state index is 14.8. The van der Waals surface area contributed by atoms with E-state index < -0.39 is 29.1 Å². The van der Waals surface area contributed by atoms with Gasteiger partial charge in [0.1, 0.15) is 23.3 Å². The molecule has 0 N–H and O–H groups in total. The molecule has 0 aliphatic carbocycles. The highest BCUT2D eigenvalue weighted by Gasteiger charge is 2.68. The fourth-order valence-electron chi connectivity index (χ4n) is 6.81. The molecule has 0 radical (unpaired) electrons. The monoisotopic (exact) mass is 518 g/mol. The summed E-state index contributed by atoms with van der Waals surface area (Å²) in [6, 6.07) is 40.7. The lowest BCUT2D eigenvalue weighted by atomic mass is 9.68. The summed E-state index contributed by atoms with van der Waals surface area (Å²) < 4.78 is 14.0. The van der Waals surface area contributed by atoms with Crippen molar-refractivity contribution in [2.75, 3.05) is 14.1 Å². The van der Waals surface area contributed by atoms with E-state index in [1.165, 1.54) is 0 Å². The molecule has 4 aromatic rings. The topological polar surface area (TPSA) is 42.0 Å². The molecule has 0 bridgehead atoms. The predicted molar refractivity (Wildman–Crippen MR) is 152 cm³/mol. The van der Waals surface area contributed by atoms with Crippen molar-refractivity contribution in [1.29, 1.82) is 0 Å². The van der Waals surface area contributed by atoms with E-state index in [0.29, 0.717) is 0 Å². The zero-order valence-corrected chi connectivity index (χ0v) is 22.8. The van der Waals surface area contributed by atoms with Crippen LogP contribution in [0, 0.1) is 0 Å². The first-order valence-electron chi connectivity index (χ1n) is 13.4. The van der Waals surface area contributed by atoms with Crippen molar-refractivity contribution < 1.29 is 14.3 Å². The van der Waals surface area contributed by atoms with Gasteiger partial charge in [-0.15, -0.1) is 0 Å². The maximum atomic E-state index is 14.8. The first-order valence-corrected chi connectivity index (χ1v) is 13.4. The molecule has 39 heavy (non-hydrogen) atoms. The number of carbonyl (C=O) groups excluding carboxylic acids is 1. The van der Waals surface area contributed by atoms with Gasteiger partial charge in [-0.1, -0.05) is 121 Å². The molecule has 0 unspecified atom stereocenters. The number of fused-ring (bicyclic) bond motifs is 1. The Morgan fingerprint density at radius 2 is 0.769 bits per heavy atom. The number of rotatable bonds is 4. The largest absolute Gasteiger partial charge is 0.341 e. The fourth-order valence-corrected chi connectivity index (χ4v) is 6.81. The van der Waals surface area contributed by atoms with Gasteiger partial charge in [0.25, 0.3) is 0 Å². The van der Waals surface area contributed by atoms with E-state index in [2.05, 4.69) is 48.5 Å². The van der Waals surface area contributed by atoms with Gasteiger partial charge < -0.3 is 19.3 Å². The van der Waals surface area contributed by atoms with E-state index in [4.69, 9.17) is 9.47 Å². The van der Waals surface area contributed by atoms with Gasteiger partial charge in [-0.2, -0.15) is 0 Å². The van der Waals surface area contributed by atoms with Crippen LogP contribution in [-0.4, -0.2) is 47.9 Å². The Bertz CT molecular complexity index is 1250. The predicted octanol–water partition coefficient (Wildman–Crippen LogP) is 6.39. The molecule has 2 aliphatic rings. The third-order valence-corrected chi connectivity index (χ3v) is 8.41. The van der Waals surface area contributed by atoms with Gasteiger partial charge in [-0.3, -0.25) is 0 Å². The summed E-state index contributed by atoms with van der Waals surface area (Å²) in [6.07, 6.45) is -1.12. The number of nitrogens with zero attached hydrogens (tertiary/aromatic N) is 2. The minimum Gasteiger partial charge on any atom is -0.341 e. The zero-order chi connectivity index (χ0) is 27.3. The van der Waals surface area contributed by atoms with Crippen molar-refractivity contribution in [2.45, 2.75) is 42.9 Å². The van der Waals surface area contributed by atoms with Crippen LogP contribution in [0.1, 0.15) is 36.1 Å². The number of ether oxygens (including phenoxy) is 2. The van der Waals surface area contributed by atoms with Crippen LogP contribution in [0.3, 0.4) is 0 Å². The summed E-state index contributed by atoms with van der Waals surface area (Å²) in [5, 5.41) is 0. The highest BCUT2D eigenvalue weighted by molar-refractivity contribution is 5.79. The lowest BCUT2D eigenvalue weighted by molar-refractivity contribution is -0.165. The van der Waals surface area contributed by atoms with Gasteiger partial charge in [0.05, 0.1) is 0 Å². The molecular weight excluding hydrogens is 484 g/mol. The highest BCUT2D eigenvalue weighted by Crippen LogP contribution is 2.56. The Morgan fingerprint density at radius 1 is 0.513 bits per heavy atom. The molecule has 6 rings (SSSR count). The lowest BCUT2D eigenvalue weighted by Gasteiger charge is -2.46. The van der Waals surface area contributed by atoms with Crippen molar-refractivity contribution in [2.24, 2.45) is 0 Å². The molecule has 0 saturated carbocycles. The highest BCUT2D eigenvalue weighted by atomic mass is 16.8. The molecule has 198 valence electrons. The van der Waals surface area contributed by atoms with Gasteiger partial charge >= 0.3 is 6.03 Å². The molecule has 2 heterocycles. The number of likely N-dealkylation sites (N-methyl/N-ethyl adjacent to an activating group) is 2. The lowest BCUT2D eigenvalue weighted by Crippen LogP contribution is -2.58. The summed E-state index contributed by atoms with van der Waals surface area (Å²) in [6.45, 7) is 3.93. The van der Waals surface area contributed by atoms with E-state index in [9.17, 15) is 4.79 Å². The molecule has 2 saturated heterocycles. The summed E-state index contributed by atoms with van der Waals surface area (Å²) in [5.41, 5.74) is 1.92. The third kappa shape index (κ3) is 3.64. The summed E-state index contributed by atoms with van der Waals surface area (Å²) in [5.74, 6) is -0.902. The van der Waals surface area contributed by atoms with Crippen LogP contribution in [0.5, 0.6) is 0 Å². The van der Waals surface area contributed by atoms with Crippen molar-refractivity contribution >= 4 is 6.03 Å². The number of hydrogen-bond acceptors (Lipinski definition) is 3. The van der Waals surface area contributed by atoms with Crippen LogP contribution < -0.4 is 0 Å².